The fourth-order valence-corrected chi connectivity index (χ4v) is 13.2. The van der Waals surface area contributed by atoms with Gasteiger partial charge in [-0.05, 0) is 119 Å². The highest BCUT2D eigenvalue weighted by Crippen LogP contribution is 2.72. The lowest BCUT2D eigenvalue weighted by Crippen LogP contribution is -2.49. The molecule has 2 aromatic carbocycles. The number of hydrogen-bond donors (Lipinski definition) is 1. The van der Waals surface area contributed by atoms with Crippen molar-refractivity contribution < 1.29 is 0 Å². The molecule has 12 rings (SSSR count). The molecular formula is C49H46N2. The first-order valence-electron chi connectivity index (χ1n) is 20.1. The molecule has 252 valence electrons. The van der Waals surface area contributed by atoms with Crippen LogP contribution in [-0.4, -0.2) is 17.9 Å². The molecule has 1 N–H and O–H groups in total. The molecule has 2 heteroatoms. The number of nitrogens with one attached hydrogen (secondary N) is 1. The summed E-state index contributed by atoms with van der Waals surface area (Å²) in [6.07, 6.45) is 43.2. The van der Waals surface area contributed by atoms with Crippen LogP contribution in [0.3, 0.4) is 0 Å². The summed E-state index contributed by atoms with van der Waals surface area (Å²) < 4.78 is 0. The average molecular weight is 663 g/mol. The van der Waals surface area contributed by atoms with Crippen molar-refractivity contribution in [1.29, 1.82) is 0 Å². The van der Waals surface area contributed by atoms with Gasteiger partial charge in [0.1, 0.15) is 5.84 Å². The lowest BCUT2D eigenvalue weighted by Gasteiger charge is -2.41. The van der Waals surface area contributed by atoms with Crippen LogP contribution < -0.4 is 5.32 Å². The number of aliphatic imine (C=N–C) groups is 1. The van der Waals surface area contributed by atoms with Gasteiger partial charge in [0.05, 0.1) is 17.5 Å². The Labute approximate surface area is 302 Å². The smallest absolute Gasteiger partial charge is 0.129 e. The molecule has 1 fully saturated rings. The van der Waals surface area contributed by atoms with Gasteiger partial charge in [0, 0.05) is 17.4 Å². The molecule has 1 saturated carbocycles. The number of rotatable bonds is 2. The minimum atomic E-state index is -0.209. The van der Waals surface area contributed by atoms with Gasteiger partial charge in [0.25, 0.3) is 0 Å². The Morgan fingerprint density at radius 2 is 1.61 bits per heavy atom. The molecule has 11 unspecified atom stereocenters. The quantitative estimate of drug-likeness (QED) is 0.318. The third-order valence-electron chi connectivity index (χ3n) is 14.9. The second-order valence-electron chi connectivity index (χ2n) is 16.9. The second-order valence-corrected chi connectivity index (χ2v) is 16.9. The van der Waals surface area contributed by atoms with E-state index in [2.05, 4.69) is 133 Å². The van der Waals surface area contributed by atoms with E-state index in [1.807, 2.05) is 5.57 Å². The molecule has 51 heavy (non-hydrogen) atoms. The highest BCUT2D eigenvalue weighted by Gasteiger charge is 2.65. The summed E-state index contributed by atoms with van der Waals surface area (Å²) in [5, 5.41) is 4.05. The Morgan fingerprint density at radius 1 is 0.725 bits per heavy atom. The number of benzene rings is 2. The van der Waals surface area contributed by atoms with Crippen molar-refractivity contribution in [3.63, 3.8) is 0 Å². The standard InChI is InChI=1S/C49H46N2/c1-2-14-29(15-3-1)47-36-20-8-11-27-43(36)50-48(51-47)38-24-13-22-34-32-18-6-9-25-40(32)49(46(34)38)41-26-10-7-19-35(41)45-37-23-12-21-33-30-16-4-5-17-31(30)39(44(33)37)28-42(45)49/h2,4,6,8-16,18,20,22-28,30-31,33,35-37,41,43,45,47H,1,3,5,7,17,19,21H2,(H,50,51). The highest BCUT2D eigenvalue weighted by molar-refractivity contribution is 6.05. The summed E-state index contributed by atoms with van der Waals surface area (Å²) in [5.74, 6) is 5.54. The van der Waals surface area contributed by atoms with Crippen LogP contribution in [0.15, 0.2) is 155 Å². The zero-order chi connectivity index (χ0) is 33.3. The molecule has 2 aromatic rings. The largest absolute Gasteiger partial charge is 0.363 e. The first-order chi connectivity index (χ1) is 25.3. The highest BCUT2D eigenvalue weighted by atomic mass is 15.1. The van der Waals surface area contributed by atoms with Gasteiger partial charge in [0.15, 0.2) is 0 Å². The van der Waals surface area contributed by atoms with E-state index in [0.717, 1.165) is 18.7 Å². The van der Waals surface area contributed by atoms with Gasteiger partial charge >= 0.3 is 0 Å². The normalized spacial score (nSPS) is 39.6. The Bertz CT molecular complexity index is 2190. The Balaban J connectivity index is 1.13. The second kappa shape index (κ2) is 10.8. The summed E-state index contributed by atoms with van der Waals surface area (Å²) in [6.45, 7) is 0. The fourth-order valence-electron chi connectivity index (χ4n) is 13.2. The molecule has 0 aromatic heterocycles. The number of amidine groups is 1. The van der Waals surface area contributed by atoms with E-state index in [1.54, 1.807) is 11.1 Å². The Morgan fingerprint density at radius 3 is 2.57 bits per heavy atom. The SMILES string of the molecule is C1=CC2NC(c3cccc4c3C3(C5=CC6=C7C(C=CCC7C7C=CCCC67)C5C5CCC=CC53)c3ccccc3-4)=NC(C3=CCCC=C3)C2C=C1. The molecule has 9 aliphatic carbocycles. The fraction of sp³-hybridized carbons (Fsp3) is 0.367. The van der Waals surface area contributed by atoms with Crippen molar-refractivity contribution in [2.24, 2.45) is 52.3 Å². The van der Waals surface area contributed by atoms with E-state index in [0.29, 0.717) is 47.3 Å². The molecule has 2 nitrogen and oxygen atoms in total. The van der Waals surface area contributed by atoms with Gasteiger partial charge in [-0.3, -0.25) is 4.99 Å². The zero-order valence-electron chi connectivity index (χ0n) is 29.3. The van der Waals surface area contributed by atoms with Crippen LogP contribution in [0.25, 0.3) is 11.1 Å². The molecular weight excluding hydrogens is 617 g/mol. The maximum absolute atomic E-state index is 5.76. The van der Waals surface area contributed by atoms with Crippen molar-refractivity contribution in [3.8, 4) is 11.1 Å². The van der Waals surface area contributed by atoms with E-state index < -0.39 is 0 Å². The minimum absolute atomic E-state index is 0.110. The summed E-state index contributed by atoms with van der Waals surface area (Å²) in [4.78, 5) is 5.76. The van der Waals surface area contributed by atoms with Crippen molar-refractivity contribution >= 4 is 5.84 Å². The molecule has 1 spiro atoms. The first kappa shape index (κ1) is 29.2. The number of allylic oxidation sites excluding steroid dienone is 14. The van der Waals surface area contributed by atoms with E-state index in [9.17, 15) is 0 Å². The molecule has 0 amide bonds. The van der Waals surface area contributed by atoms with Crippen LogP contribution in [-0.2, 0) is 5.41 Å². The maximum Gasteiger partial charge on any atom is 0.129 e. The van der Waals surface area contributed by atoms with Crippen LogP contribution in [0.5, 0.6) is 0 Å². The first-order valence-corrected chi connectivity index (χ1v) is 20.1. The monoisotopic (exact) mass is 662 g/mol. The maximum atomic E-state index is 5.76. The van der Waals surface area contributed by atoms with Gasteiger partial charge in [0.2, 0.25) is 0 Å². The van der Waals surface area contributed by atoms with Gasteiger partial charge < -0.3 is 5.32 Å². The lowest BCUT2D eigenvalue weighted by molar-refractivity contribution is 0.263. The van der Waals surface area contributed by atoms with Crippen LogP contribution >= 0.6 is 0 Å². The molecule has 1 aliphatic heterocycles. The number of fused-ring (bicyclic) bond motifs is 15. The molecule has 0 bridgehead atoms. The number of nitrogens with zero attached hydrogens (tertiary/aromatic N) is 1. The topological polar surface area (TPSA) is 24.4 Å². The van der Waals surface area contributed by atoms with Gasteiger partial charge in [-0.2, -0.15) is 0 Å². The van der Waals surface area contributed by atoms with Crippen LogP contribution in [0.2, 0.25) is 0 Å². The molecule has 11 atom stereocenters. The zero-order valence-corrected chi connectivity index (χ0v) is 29.3. The van der Waals surface area contributed by atoms with Crippen molar-refractivity contribution in [3.05, 3.63) is 167 Å². The summed E-state index contributed by atoms with van der Waals surface area (Å²) in [5.41, 5.74) is 13.7. The average Bonchev–Trinajstić information content (AvgIpc) is 3.80. The van der Waals surface area contributed by atoms with Crippen molar-refractivity contribution in [2.45, 2.75) is 62.4 Å². The third kappa shape index (κ3) is 3.77. The third-order valence-corrected chi connectivity index (χ3v) is 14.9. The predicted octanol–water partition coefficient (Wildman–Crippen LogP) is 10.3. The molecule has 10 aliphatic rings. The molecule has 1 heterocycles. The van der Waals surface area contributed by atoms with Crippen molar-refractivity contribution in [2.75, 3.05) is 0 Å². The summed E-state index contributed by atoms with van der Waals surface area (Å²) in [7, 11) is 0. The van der Waals surface area contributed by atoms with Crippen LogP contribution in [0.4, 0.5) is 0 Å². The van der Waals surface area contributed by atoms with E-state index in [-0.39, 0.29) is 17.5 Å². The summed E-state index contributed by atoms with van der Waals surface area (Å²) >= 11 is 0. The van der Waals surface area contributed by atoms with Crippen LogP contribution in [0.1, 0.15) is 61.6 Å². The predicted molar refractivity (Wildman–Crippen MR) is 208 cm³/mol. The van der Waals surface area contributed by atoms with Crippen molar-refractivity contribution in [1.82, 2.24) is 5.32 Å². The summed E-state index contributed by atoms with van der Waals surface area (Å²) in [6, 6.07) is 17.0. The Hall–Kier alpha value is -4.43. The van der Waals surface area contributed by atoms with Gasteiger partial charge in [-0.1, -0.05) is 133 Å². The minimum Gasteiger partial charge on any atom is -0.363 e. The number of hydrogen-bond acceptors (Lipinski definition) is 2. The van der Waals surface area contributed by atoms with Gasteiger partial charge in [-0.15, -0.1) is 0 Å². The van der Waals surface area contributed by atoms with Gasteiger partial charge in [-0.25, -0.2) is 0 Å². The molecule has 0 radical (unpaired) electrons. The Kier molecular flexibility index (Phi) is 6.18. The lowest BCUT2D eigenvalue weighted by atomic mass is 9.62. The van der Waals surface area contributed by atoms with E-state index >= 15 is 0 Å². The van der Waals surface area contributed by atoms with E-state index in [4.69, 9.17) is 4.99 Å². The molecule has 0 saturated heterocycles. The van der Waals surface area contributed by atoms with E-state index in [1.165, 1.54) is 65.5 Å². The van der Waals surface area contributed by atoms with Crippen LogP contribution in [0, 0.1) is 47.3 Å².